The lowest BCUT2D eigenvalue weighted by molar-refractivity contribution is 0.284. The van der Waals surface area contributed by atoms with Crippen molar-refractivity contribution < 1.29 is 0 Å². The second-order valence-electron chi connectivity index (χ2n) is 6.92. The Morgan fingerprint density at radius 3 is 2.56 bits per heavy atom. The van der Waals surface area contributed by atoms with Gasteiger partial charge in [-0.15, -0.1) is 0 Å². The molecule has 6 heteroatoms. The summed E-state index contributed by atoms with van der Waals surface area (Å²) >= 11 is 0. The van der Waals surface area contributed by atoms with E-state index in [0.29, 0.717) is 0 Å². The van der Waals surface area contributed by atoms with E-state index in [-0.39, 0.29) is 0 Å². The van der Waals surface area contributed by atoms with Gasteiger partial charge in [-0.2, -0.15) is 5.10 Å². The molecule has 1 saturated heterocycles. The van der Waals surface area contributed by atoms with Crippen molar-refractivity contribution in [1.29, 1.82) is 0 Å². The van der Waals surface area contributed by atoms with Crippen LogP contribution in [0.15, 0.2) is 42.6 Å². The molecule has 0 radical (unpaired) electrons. The van der Waals surface area contributed by atoms with Crippen molar-refractivity contribution in [3.63, 3.8) is 0 Å². The average molecular weight is 362 g/mol. The van der Waals surface area contributed by atoms with Crippen LogP contribution >= 0.6 is 0 Å². The maximum absolute atomic E-state index is 4.81. The molecule has 0 amide bonds. The number of fused-ring (bicyclic) bond motifs is 1. The van der Waals surface area contributed by atoms with Crippen LogP contribution in [0, 0.1) is 0 Å². The Labute approximate surface area is 160 Å². The van der Waals surface area contributed by atoms with Crippen LogP contribution in [0.25, 0.3) is 17.1 Å². The highest BCUT2D eigenvalue weighted by molar-refractivity contribution is 5.87. The smallest absolute Gasteiger partial charge is 0.163 e. The van der Waals surface area contributed by atoms with E-state index in [1.54, 1.807) is 0 Å². The first kappa shape index (κ1) is 17.7. The van der Waals surface area contributed by atoms with Crippen LogP contribution in [0.3, 0.4) is 0 Å². The van der Waals surface area contributed by atoms with Gasteiger partial charge in [-0.3, -0.25) is 9.58 Å². The number of benzene rings is 1. The lowest BCUT2D eigenvalue weighted by Crippen LogP contribution is -2.46. The number of nitrogens with zero attached hydrogens (tertiary/aromatic N) is 6. The Morgan fingerprint density at radius 1 is 1.04 bits per heavy atom. The lowest BCUT2D eigenvalue weighted by Gasteiger charge is -2.35. The van der Waals surface area contributed by atoms with Crippen molar-refractivity contribution in [2.24, 2.45) is 7.05 Å². The van der Waals surface area contributed by atoms with Crippen LogP contribution in [0.2, 0.25) is 0 Å². The molecule has 0 saturated carbocycles. The molecular weight excluding hydrogens is 336 g/mol. The van der Waals surface area contributed by atoms with E-state index in [1.165, 1.54) is 5.56 Å². The molecule has 0 spiro atoms. The van der Waals surface area contributed by atoms with Gasteiger partial charge in [0.05, 0.1) is 11.6 Å². The molecule has 1 aliphatic rings. The molecule has 4 rings (SSSR count). The maximum atomic E-state index is 4.81. The fourth-order valence-electron chi connectivity index (χ4n) is 3.49. The molecule has 1 fully saturated rings. The van der Waals surface area contributed by atoms with Crippen LogP contribution in [0.1, 0.15) is 18.3 Å². The normalized spacial score (nSPS) is 15.9. The summed E-state index contributed by atoms with van der Waals surface area (Å²) in [6.45, 7) is 7.10. The predicted molar refractivity (Wildman–Crippen MR) is 110 cm³/mol. The first-order valence-corrected chi connectivity index (χ1v) is 9.62. The van der Waals surface area contributed by atoms with E-state index in [1.807, 2.05) is 24.0 Å². The fourth-order valence-corrected chi connectivity index (χ4v) is 3.49. The highest BCUT2D eigenvalue weighted by atomic mass is 15.3. The van der Waals surface area contributed by atoms with Gasteiger partial charge in [-0.25, -0.2) is 9.97 Å². The SMILES string of the molecule is CCc1nc(N2CCN(C/C=C/c3ccccc3)CC2)c2cnn(C)c2n1. The molecule has 3 aromatic rings. The lowest BCUT2D eigenvalue weighted by atomic mass is 10.2. The second kappa shape index (κ2) is 7.88. The molecule has 140 valence electrons. The van der Waals surface area contributed by atoms with Gasteiger partial charge >= 0.3 is 0 Å². The number of piperazine rings is 1. The highest BCUT2D eigenvalue weighted by Gasteiger charge is 2.21. The van der Waals surface area contributed by atoms with Crippen molar-refractivity contribution >= 4 is 22.9 Å². The monoisotopic (exact) mass is 362 g/mol. The minimum Gasteiger partial charge on any atom is -0.353 e. The van der Waals surface area contributed by atoms with Gasteiger partial charge in [0.1, 0.15) is 11.6 Å². The first-order chi connectivity index (χ1) is 13.2. The Hall–Kier alpha value is -2.73. The zero-order valence-corrected chi connectivity index (χ0v) is 16.0. The van der Waals surface area contributed by atoms with Crippen molar-refractivity contribution in [2.75, 3.05) is 37.6 Å². The van der Waals surface area contributed by atoms with Gasteiger partial charge in [-0.1, -0.05) is 49.4 Å². The first-order valence-electron chi connectivity index (χ1n) is 9.62. The summed E-state index contributed by atoms with van der Waals surface area (Å²) in [4.78, 5) is 14.3. The van der Waals surface area contributed by atoms with E-state index >= 15 is 0 Å². The summed E-state index contributed by atoms with van der Waals surface area (Å²) in [6, 6.07) is 10.5. The molecule has 0 unspecified atom stereocenters. The Bertz CT molecular complexity index is 922. The summed E-state index contributed by atoms with van der Waals surface area (Å²) in [5, 5.41) is 5.43. The highest BCUT2D eigenvalue weighted by Crippen LogP contribution is 2.24. The van der Waals surface area contributed by atoms with Gasteiger partial charge < -0.3 is 4.90 Å². The van der Waals surface area contributed by atoms with E-state index in [4.69, 9.17) is 4.98 Å². The number of aromatic nitrogens is 4. The van der Waals surface area contributed by atoms with E-state index in [2.05, 4.69) is 63.2 Å². The molecule has 0 atom stereocenters. The third-order valence-electron chi connectivity index (χ3n) is 5.08. The third kappa shape index (κ3) is 3.85. The molecule has 27 heavy (non-hydrogen) atoms. The van der Waals surface area contributed by atoms with Gasteiger partial charge in [0.25, 0.3) is 0 Å². The predicted octanol–water partition coefficient (Wildman–Crippen LogP) is 2.76. The Balaban J connectivity index is 1.42. The van der Waals surface area contributed by atoms with Gasteiger partial charge in [0.15, 0.2) is 5.65 Å². The zero-order valence-electron chi connectivity index (χ0n) is 16.0. The van der Waals surface area contributed by atoms with Gasteiger partial charge in [0, 0.05) is 46.2 Å². The van der Waals surface area contributed by atoms with Gasteiger partial charge in [-0.05, 0) is 5.56 Å². The summed E-state index contributed by atoms with van der Waals surface area (Å²) in [6.07, 6.45) is 7.17. The minimum absolute atomic E-state index is 0.832. The van der Waals surface area contributed by atoms with Crippen molar-refractivity contribution in [1.82, 2.24) is 24.6 Å². The molecule has 2 aromatic heterocycles. The van der Waals surface area contributed by atoms with E-state index in [9.17, 15) is 0 Å². The number of anilines is 1. The molecule has 0 aliphatic carbocycles. The summed E-state index contributed by atoms with van der Waals surface area (Å²) < 4.78 is 1.84. The Kier molecular flexibility index (Phi) is 5.16. The molecule has 1 aromatic carbocycles. The average Bonchev–Trinajstić information content (AvgIpc) is 3.09. The van der Waals surface area contributed by atoms with Crippen molar-refractivity contribution in [2.45, 2.75) is 13.3 Å². The number of rotatable bonds is 5. The topological polar surface area (TPSA) is 50.1 Å². The van der Waals surface area contributed by atoms with Crippen LogP contribution in [-0.2, 0) is 13.5 Å². The van der Waals surface area contributed by atoms with Crippen LogP contribution in [0.5, 0.6) is 0 Å². The standard InChI is InChI=1S/C21H26N6/c1-3-19-23-20-18(16-22-25(20)2)21(24-19)27-14-12-26(13-15-27)11-7-10-17-8-5-4-6-9-17/h4-10,16H,3,11-15H2,1-2H3/b10-7+. The number of hydrogen-bond acceptors (Lipinski definition) is 5. The van der Waals surface area contributed by atoms with Crippen LogP contribution in [-0.4, -0.2) is 57.4 Å². The third-order valence-corrected chi connectivity index (χ3v) is 5.08. The molecular formula is C21H26N6. The quantitative estimate of drug-likeness (QED) is 0.699. The number of aryl methyl sites for hydroxylation is 2. The van der Waals surface area contributed by atoms with Crippen LogP contribution in [0.4, 0.5) is 5.82 Å². The molecule has 0 N–H and O–H groups in total. The zero-order chi connectivity index (χ0) is 18.6. The summed E-state index contributed by atoms with van der Waals surface area (Å²) in [7, 11) is 1.94. The largest absolute Gasteiger partial charge is 0.353 e. The van der Waals surface area contributed by atoms with Crippen molar-refractivity contribution in [3.8, 4) is 0 Å². The van der Waals surface area contributed by atoms with Crippen molar-refractivity contribution in [3.05, 3.63) is 54.0 Å². The molecule has 3 heterocycles. The second-order valence-corrected chi connectivity index (χ2v) is 6.92. The van der Waals surface area contributed by atoms with Gasteiger partial charge in [0.2, 0.25) is 0 Å². The molecule has 6 nitrogen and oxygen atoms in total. The summed E-state index contributed by atoms with van der Waals surface area (Å²) in [5.74, 6) is 1.92. The Morgan fingerprint density at radius 2 is 1.81 bits per heavy atom. The fraction of sp³-hybridized carbons (Fsp3) is 0.381. The minimum atomic E-state index is 0.832. The molecule has 1 aliphatic heterocycles. The maximum Gasteiger partial charge on any atom is 0.163 e. The van der Waals surface area contributed by atoms with Crippen LogP contribution < -0.4 is 4.90 Å². The van der Waals surface area contributed by atoms with E-state index in [0.717, 1.165) is 61.8 Å². The summed E-state index contributed by atoms with van der Waals surface area (Å²) in [5.41, 5.74) is 2.17. The molecule has 0 bridgehead atoms. The number of hydrogen-bond donors (Lipinski definition) is 0. The van der Waals surface area contributed by atoms with E-state index < -0.39 is 0 Å².